The Morgan fingerprint density at radius 2 is 1.74 bits per heavy atom. The van der Waals surface area contributed by atoms with Crippen LogP contribution in [0, 0.1) is 11.7 Å². The molecule has 1 aromatic heterocycles. The number of nitrogens with zero attached hydrogens (tertiary/aromatic N) is 4. The Labute approximate surface area is 161 Å². The van der Waals surface area contributed by atoms with Crippen molar-refractivity contribution in [3.63, 3.8) is 0 Å². The van der Waals surface area contributed by atoms with E-state index in [2.05, 4.69) is 26.9 Å². The molecular formula is C22H29FN4. The smallest absolute Gasteiger partial charge is 0.127 e. The van der Waals surface area contributed by atoms with Crippen molar-refractivity contribution in [2.75, 3.05) is 38.6 Å². The van der Waals surface area contributed by atoms with Crippen molar-refractivity contribution in [1.29, 1.82) is 0 Å². The summed E-state index contributed by atoms with van der Waals surface area (Å²) in [5.41, 5.74) is 2.49. The minimum atomic E-state index is -0.158. The van der Waals surface area contributed by atoms with Gasteiger partial charge in [0.15, 0.2) is 0 Å². The Morgan fingerprint density at radius 1 is 0.963 bits per heavy atom. The zero-order valence-corrected chi connectivity index (χ0v) is 16.3. The van der Waals surface area contributed by atoms with Gasteiger partial charge in [-0.2, -0.15) is 0 Å². The predicted molar refractivity (Wildman–Crippen MR) is 107 cm³/mol. The first-order valence-electron chi connectivity index (χ1n) is 9.90. The van der Waals surface area contributed by atoms with Gasteiger partial charge in [-0.25, -0.2) is 9.37 Å². The molecule has 27 heavy (non-hydrogen) atoms. The van der Waals surface area contributed by atoms with E-state index in [-0.39, 0.29) is 5.82 Å². The number of benzene rings is 1. The van der Waals surface area contributed by atoms with Gasteiger partial charge in [-0.05, 0) is 48.1 Å². The van der Waals surface area contributed by atoms with Crippen molar-refractivity contribution < 1.29 is 4.39 Å². The van der Waals surface area contributed by atoms with Crippen LogP contribution >= 0.6 is 0 Å². The summed E-state index contributed by atoms with van der Waals surface area (Å²) < 4.78 is 13.2. The van der Waals surface area contributed by atoms with Crippen LogP contribution in [0.4, 0.5) is 10.2 Å². The number of piperidine rings is 1. The molecule has 144 valence electrons. The minimum absolute atomic E-state index is 0.158. The second-order valence-electron chi connectivity index (χ2n) is 8.27. The zero-order valence-electron chi connectivity index (χ0n) is 16.3. The maximum atomic E-state index is 13.2. The average molecular weight is 368 g/mol. The third kappa shape index (κ3) is 4.47. The molecule has 3 aliphatic rings. The number of hydrogen-bond donors (Lipinski definition) is 0. The van der Waals surface area contributed by atoms with E-state index in [1.807, 2.05) is 37.3 Å². The summed E-state index contributed by atoms with van der Waals surface area (Å²) in [6.45, 7) is 5.30. The molecule has 4 heterocycles. The van der Waals surface area contributed by atoms with Gasteiger partial charge >= 0.3 is 0 Å². The molecule has 0 amide bonds. The lowest BCUT2D eigenvalue weighted by Crippen LogP contribution is -2.43. The quantitative estimate of drug-likeness (QED) is 0.807. The highest BCUT2D eigenvalue weighted by Crippen LogP contribution is 2.30. The van der Waals surface area contributed by atoms with Crippen LogP contribution in [0.15, 0.2) is 42.6 Å². The van der Waals surface area contributed by atoms with E-state index in [0.29, 0.717) is 6.04 Å². The maximum Gasteiger partial charge on any atom is 0.127 e. The molecule has 1 aromatic carbocycles. The molecule has 0 radical (unpaired) electrons. The van der Waals surface area contributed by atoms with Crippen molar-refractivity contribution in [2.24, 2.45) is 5.92 Å². The van der Waals surface area contributed by atoms with Gasteiger partial charge in [0.1, 0.15) is 11.6 Å². The Bertz CT molecular complexity index is 744. The van der Waals surface area contributed by atoms with Gasteiger partial charge < -0.3 is 4.90 Å². The van der Waals surface area contributed by atoms with Gasteiger partial charge in [0.05, 0.1) is 0 Å². The molecule has 0 N–H and O–H groups in total. The number of aromatic nitrogens is 1. The third-order valence-corrected chi connectivity index (χ3v) is 5.88. The van der Waals surface area contributed by atoms with E-state index in [9.17, 15) is 4.39 Å². The molecule has 4 nitrogen and oxygen atoms in total. The van der Waals surface area contributed by atoms with Crippen LogP contribution in [0.3, 0.4) is 0 Å². The Hall–Kier alpha value is -1.98. The molecule has 2 aromatic rings. The van der Waals surface area contributed by atoms with Gasteiger partial charge in [0.25, 0.3) is 0 Å². The molecule has 5 heteroatoms. The van der Waals surface area contributed by atoms with Gasteiger partial charge in [-0.1, -0.05) is 18.2 Å². The van der Waals surface area contributed by atoms with Crippen LogP contribution in [0.2, 0.25) is 0 Å². The molecule has 0 spiro atoms. The van der Waals surface area contributed by atoms with Crippen LogP contribution in [0.1, 0.15) is 24.0 Å². The van der Waals surface area contributed by atoms with Gasteiger partial charge in [-0.15, -0.1) is 0 Å². The summed E-state index contributed by atoms with van der Waals surface area (Å²) in [7, 11) is 4.04. The van der Waals surface area contributed by atoms with Crippen LogP contribution in [0.25, 0.3) is 0 Å². The van der Waals surface area contributed by atoms with Gasteiger partial charge in [0.2, 0.25) is 0 Å². The first kappa shape index (κ1) is 18.4. The number of anilines is 1. The van der Waals surface area contributed by atoms with Crippen molar-refractivity contribution in [3.8, 4) is 0 Å². The van der Waals surface area contributed by atoms with Gasteiger partial charge in [0, 0.05) is 59.1 Å². The van der Waals surface area contributed by atoms with Crippen LogP contribution in [0.5, 0.6) is 0 Å². The summed E-state index contributed by atoms with van der Waals surface area (Å²) in [5, 5.41) is 0. The highest BCUT2D eigenvalue weighted by molar-refractivity contribution is 5.37. The topological polar surface area (TPSA) is 22.6 Å². The molecule has 0 aliphatic carbocycles. The molecule has 0 saturated carbocycles. The Balaban J connectivity index is 1.41. The van der Waals surface area contributed by atoms with Crippen molar-refractivity contribution in [1.82, 2.24) is 14.8 Å². The fourth-order valence-electron chi connectivity index (χ4n) is 4.46. The zero-order chi connectivity index (χ0) is 18.8. The third-order valence-electron chi connectivity index (χ3n) is 5.88. The van der Waals surface area contributed by atoms with Crippen molar-refractivity contribution in [3.05, 3.63) is 59.5 Å². The number of fused-ring (bicyclic) bond motifs is 4. The Kier molecular flexibility index (Phi) is 5.41. The Morgan fingerprint density at radius 3 is 2.44 bits per heavy atom. The second-order valence-corrected chi connectivity index (χ2v) is 8.27. The van der Waals surface area contributed by atoms with E-state index in [4.69, 9.17) is 0 Å². The lowest BCUT2D eigenvalue weighted by molar-refractivity contribution is 0.123. The van der Waals surface area contributed by atoms with Crippen molar-refractivity contribution >= 4 is 5.82 Å². The summed E-state index contributed by atoms with van der Waals surface area (Å²) in [5.74, 6) is 1.56. The van der Waals surface area contributed by atoms with E-state index < -0.39 is 0 Å². The molecule has 5 rings (SSSR count). The fourth-order valence-corrected chi connectivity index (χ4v) is 4.46. The highest BCUT2D eigenvalue weighted by atomic mass is 19.1. The summed E-state index contributed by atoms with van der Waals surface area (Å²) in [6, 6.07) is 11.9. The lowest BCUT2D eigenvalue weighted by Gasteiger charge is -2.36. The number of rotatable bonds is 5. The molecule has 3 saturated heterocycles. The molecule has 2 bridgehead atoms. The summed E-state index contributed by atoms with van der Waals surface area (Å²) in [6.07, 6.45) is 4.61. The summed E-state index contributed by atoms with van der Waals surface area (Å²) >= 11 is 0. The fraction of sp³-hybridized carbons (Fsp3) is 0.500. The van der Waals surface area contributed by atoms with E-state index in [1.54, 1.807) is 12.1 Å². The van der Waals surface area contributed by atoms with Gasteiger partial charge in [-0.3, -0.25) is 9.80 Å². The van der Waals surface area contributed by atoms with Crippen LogP contribution in [-0.4, -0.2) is 54.6 Å². The minimum Gasteiger partial charge on any atom is -0.363 e. The highest BCUT2D eigenvalue weighted by Gasteiger charge is 2.34. The monoisotopic (exact) mass is 368 g/mol. The SMILES string of the molecule is CN(C)c1ccc(CN2C[C@H]3CC[C@@H]2CN(Cc2ccc(F)cc2)C3)cn1. The number of hydrogen-bond acceptors (Lipinski definition) is 4. The number of halogens is 1. The molecular weight excluding hydrogens is 339 g/mol. The average Bonchev–Trinajstić information content (AvgIpc) is 2.95. The molecule has 3 fully saturated rings. The molecule has 3 aliphatic heterocycles. The largest absolute Gasteiger partial charge is 0.363 e. The predicted octanol–water partition coefficient (Wildman–Crippen LogP) is 3.38. The maximum absolute atomic E-state index is 13.2. The number of pyridine rings is 1. The molecule has 0 unspecified atom stereocenters. The molecule has 2 atom stereocenters. The lowest BCUT2D eigenvalue weighted by atomic mass is 9.94. The van der Waals surface area contributed by atoms with E-state index in [0.717, 1.165) is 37.9 Å². The van der Waals surface area contributed by atoms with Crippen LogP contribution < -0.4 is 4.90 Å². The van der Waals surface area contributed by atoms with E-state index in [1.165, 1.54) is 30.5 Å². The normalized spacial score (nSPS) is 23.4. The first-order chi connectivity index (χ1) is 13.1. The van der Waals surface area contributed by atoms with Crippen LogP contribution in [-0.2, 0) is 13.1 Å². The second kappa shape index (κ2) is 7.95. The van der Waals surface area contributed by atoms with Crippen molar-refractivity contribution in [2.45, 2.75) is 32.0 Å². The van der Waals surface area contributed by atoms with E-state index >= 15 is 0 Å². The summed E-state index contributed by atoms with van der Waals surface area (Å²) in [4.78, 5) is 11.8. The first-order valence-corrected chi connectivity index (χ1v) is 9.90. The standard InChI is InChI=1S/C22H29FN4/c1-25(2)22-10-6-18(11-24-22)14-27-15-19-5-9-21(27)16-26(13-19)12-17-3-7-20(23)8-4-17/h3-4,6-8,10-11,19,21H,5,9,12-16H2,1-2H3/t19-,21+/m0/s1.